The molecule has 0 aromatic heterocycles. The quantitative estimate of drug-likeness (QED) is 0.581. The minimum atomic E-state index is -0.0865. The lowest BCUT2D eigenvalue weighted by molar-refractivity contribution is -0.140. The average molecular weight is 186 g/mol. The van der Waals surface area contributed by atoms with Crippen molar-refractivity contribution in [2.45, 2.75) is 19.3 Å². The summed E-state index contributed by atoms with van der Waals surface area (Å²) in [6.45, 7) is 0. The van der Waals surface area contributed by atoms with Crippen molar-refractivity contribution in [3.8, 4) is 0 Å². The monoisotopic (exact) mass is 186 g/mol. The van der Waals surface area contributed by atoms with Gasteiger partial charge >= 0.3 is 5.97 Å². The highest BCUT2D eigenvalue weighted by Gasteiger charge is 2.27. The molecular weight excluding hydrogens is 176 g/mol. The zero-order valence-electron chi connectivity index (χ0n) is 7.75. The van der Waals surface area contributed by atoms with Gasteiger partial charge in [0.1, 0.15) is 5.76 Å². The largest absolute Gasteiger partial charge is 0.430 e. The SMILES string of the molecule is O=C1CCC2=C(Cc3ccccc32)O1. The topological polar surface area (TPSA) is 26.3 Å². The number of benzene rings is 1. The molecule has 70 valence electrons. The number of hydrogen-bond acceptors (Lipinski definition) is 2. The Hall–Kier alpha value is -1.57. The van der Waals surface area contributed by atoms with Gasteiger partial charge in [0.15, 0.2) is 0 Å². The van der Waals surface area contributed by atoms with E-state index in [1.807, 2.05) is 12.1 Å². The van der Waals surface area contributed by atoms with Gasteiger partial charge in [0.05, 0.1) is 6.42 Å². The maximum absolute atomic E-state index is 11.1. The smallest absolute Gasteiger partial charge is 0.311 e. The Morgan fingerprint density at radius 1 is 1.14 bits per heavy atom. The predicted molar refractivity (Wildman–Crippen MR) is 52.4 cm³/mol. The van der Waals surface area contributed by atoms with E-state index in [0.717, 1.165) is 18.6 Å². The number of carbonyl (C=O) groups excluding carboxylic acids is 1. The fourth-order valence-electron chi connectivity index (χ4n) is 2.19. The van der Waals surface area contributed by atoms with Crippen LogP contribution in [0.5, 0.6) is 0 Å². The van der Waals surface area contributed by atoms with Crippen LogP contribution < -0.4 is 0 Å². The van der Waals surface area contributed by atoms with Gasteiger partial charge in [0.25, 0.3) is 0 Å². The van der Waals surface area contributed by atoms with Gasteiger partial charge in [-0.3, -0.25) is 4.79 Å². The van der Waals surface area contributed by atoms with Crippen molar-refractivity contribution >= 4 is 11.5 Å². The fourth-order valence-corrected chi connectivity index (χ4v) is 2.19. The Kier molecular flexibility index (Phi) is 1.51. The molecule has 0 unspecified atom stereocenters. The predicted octanol–water partition coefficient (Wildman–Crippen LogP) is 2.29. The van der Waals surface area contributed by atoms with E-state index >= 15 is 0 Å². The first kappa shape index (κ1) is 7.80. The van der Waals surface area contributed by atoms with E-state index in [0.29, 0.717) is 6.42 Å². The van der Waals surface area contributed by atoms with E-state index in [2.05, 4.69) is 12.1 Å². The number of esters is 1. The number of hydrogen-bond donors (Lipinski definition) is 0. The van der Waals surface area contributed by atoms with Crippen LogP contribution in [0.4, 0.5) is 0 Å². The molecule has 14 heavy (non-hydrogen) atoms. The van der Waals surface area contributed by atoms with E-state index in [1.165, 1.54) is 16.7 Å². The zero-order chi connectivity index (χ0) is 9.54. The molecule has 0 atom stereocenters. The van der Waals surface area contributed by atoms with Crippen LogP contribution in [0, 0.1) is 0 Å². The highest BCUT2D eigenvalue weighted by molar-refractivity contribution is 5.84. The molecule has 1 aliphatic heterocycles. The number of ether oxygens (including phenoxy) is 1. The summed E-state index contributed by atoms with van der Waals surface area (Å²) in [6.07, 6.45) is 2.15. The number of carbonyl (C=O) groups is 1. The number of allylic oxidation sites excluding steroid dienone is 2. The van der Waals surface area contributed by atoms with Gasteiger partial charge in [-0.15, -0.1) is 0 Å². The third kappa shape index (κ3) is 1.00. The Morgan fingerprint density at radius 3 is 2.93 bits per heavy atom. The first-order valence-electron chi connectivity index (χ1n) is 4.85. The van der Waals surface area contributed by atoms with E-state index in [-0.39, 0.29) is 5.97 Å². The minimum absolute atomic E-state index is 0.0865. The van der Waals surface area contributed by atoms with Gasteiger partial charge in [-0.2, -0.15) is 0 Å². The van der Waals surface area contributed by atoms with Crippen molar-refractivity contribution in [3.63, 3.8) is 0 Å². The molecule has 3 rings (SSSR count). The van der Waals surface area contributed by atoms with Crippen molar-refractivity contribution in [1.82, 2.24) is 0 Å². The summed E-state index contributed by atoms with van der Waals surface area (Å²) in [5.41, 5.74) is 3.79. The van der Waals surface area contributed by atoms with Crippen LogP contribution in [-0.2, 0) is 16.0 Å². The van der Waals surface area contributed by atoms with Crippen molar-refractivity contribution in [2.24, 2.45) is 0 Å². The highest BCUT2D eigenvalue weighted by Crippen LogP contribution is 2.38. The Labute approximate surface area is 82.2 Å². The van der Waals surface area contributed by atoms with Gasteiger partial charge in [0, 0.05) is 6.42 Å². The molecule has 1 aromatic carbocycles. The molecule has 0 saturated heterocycles. The van der Waals surface area contributed by atoms with Crippen molar-refractivity contribution in [3.05, 3.63) is 41.2 Å². The second kappa shape index (κ2) is 2.71. The molecule has 0 N–H and O–H groups in total. The van der Waals surface area contributed by atoms with Crippen molar-refractivity contribution < 1.29 is 9.53 Å². The lowest BCUT2D eigenvalue weighted by Gasteiger charge is -2.13. The Morgan fingerprint density at radius 2 is 2.00 bits per heavy atom. The van der Waals surface area contributed by atoms with E-state index in [4.69, 9.17) is 4.74 Å². The summed E-state index contributed by atoms with van der Waals surface area (Å²) in [7, 11) is 0. The third-order valence-electron chi connectivity index (χ3n) is 2.85. The van der Waals surface area contributed by atoms with Gasteiger partial charge in [0.2, 0.25) is 0 Å². The summed E-state index contributed by atoms with van der Waals surface area (Å²) in [5, 5.41) is 0. The minimum Gasteiger partial charge on any atom is -0.430 e. The highest BCUT2D eigenvalue weighted by atomic mass is 16.5. The van der Waals surface area contributed by atoms with Crippen LogP contribution in [0.25, 0.3) is 5.57 Å². The first-order chi connectivity index (χ1) is 6.84. The zero-order valence-corrected chi connectivity index (χ0v) is 7.75. The number of fused-ring (bicyclic) bond motifs is 2. The normalized spacial score (nSPS) is 19.0. The molecule has 0 radical (unpaired) electrons. The van der Waals surface area contributed by atoms with Crippen LogP contribution in [0.3, 0.4) is 0 Å². The fraction of sp³-hybridized carbons (Fsp3) is 0.250. The lowest BCUT2D eigenvalue weighted by atomic mass is 10.0. The number of rotatable bonds is 0. The average Bonchev–Trinajstić information content (AvgIpc) is 2.54. The maximum Gasteiger partial charge on any atom is 0.311 e. The van der Waals surface area contributed by atoms with Crippen LogP contribution in [0.2, 0.25) is 0 Å². The molecule has 2 aliphatic rings. The van der Waals surface area contributed by atoms with E-state index in [1.54, 1.807) is 0 Å². The standard InChI is InChI=1S/C12H10O2/c13-12-6-5-10-9-4-2-1-3-8(9)7-11(10)14-12/h1-4H,5-7H2. The molecule has 0 fully saturated rings. The molecule has 2 heteroatoms. The maximum atomic E-state index is 11.1. The van der Waals surface area contributed by atoms with E-state index in [9.17, 15) is 4.79 Å². The van der Waals surface area contributed by atoms with Crippen LogP contribution >= 0.6 is 0 Å². The van der Waals surface area contributed by atoms with Gasteiger partial charge < -0.3 is 4.74 Å². The Bertz CT molecular complexity index is 443. The van der Waals surface area contributed by atoms with Crippen molar-refractivity contribution in [1.29, 1.82) is 0 Å². The summed E-state index contributed by atoms with van der Waals surface area (Å²) < 4.78 is 5.23. The first-order valence-corrected chi connectivity index (χ1v) is 4.85. The second-order valence-electron chi connectivity index (χ2n) is 3.71. The molecular formula is C12H10O2. The molecule has 0 bridgehead atoms. The van der Waals surface area contributed by atoms with Crippen molar-refractivity contribution in [2.75, 3.05) is 0 Å². The second-order valence-corrected chi connectivity index (χ2v) is 3.71. The van der Waals surface area contributed by atoms with Gasteiger partial charge in [-0.05, 0) is 23.1 Å². The molecule has 1 heterocycles. The molecule has 1 aromatic rings. The molecule has 0 saturated carbocycles. The van der Waals surface area contributed by atoms with Gasteiger partial charge in [-0.1, -0.05) is 24.3 Å². The Balaban J connectivity index is 2.09. The van der Waals surface area contributed by atoms with Crippen LogP contribution in [0.15, 0.2) is 30.0 Å². The molecule has 0 spiro atoms. The summed E-state index contributed by atoms with van der Waals surface area (Å²) in [6, 6.07) is 8.27. The van der Waals surface area contributed by atoms with Crippen LogP contribution in [0.1, 0.15) is 24.0 Å². The molecule has 2 nitrogen and oxygen atoms in total. The summed E-state index contributed by atoms with van der Waals surface area (Å²) in [4.78, 5) is 11.1. The third-order valence-corrected chi connectivity index (χ3v) is 2.85. The molecule has 0 amide bonds. The van der Waals surface area contributed by atoms with E-state index < -0.39 is 0 Å². The summed E-state index contributed by atoms with van der Waals surface area (Å²) >= 11 is 0. The molecule has 1 aliphatic carbocycles. The lowest BCUT2D eigenvalue weighted by Crippen LogP contribution is -2.10. The summed E-state index contributed by atoms with van der Waals surface area (Å²) in [5.74, 6) is 0.791. The van der Waals surface area contributed by atoms with Gasteiger partial charge in [-0.25, -0.2) is 0 Å². The van der Waals surface area contributed by atoms with Crippen LogP contribution in [-0.4, -0.2) is 5.97 Å².